The average Bonchev–Trinajstić information content (AvgIpc) is 3.38. The number of phenolic OH excluding ortho intramolecular Hbond substituents is 1. The van der Waals surface area contributed by atoms with Gasteiger partial charge in [-0.15, -0.1) is 0 Å². The van der Waals surface area contributed by atoms with Gasteiger partial charge in [-0.2, -0.15) is 0 Å². The normalized spacial score (nSPS) is 17.0. The number of phenols is 1. The van der Waals surface area contributed by atoms with E-state index in [0.29, 0.717) is 11.7 Å². The number of nitrogens with zero attached hydrogens (tertiary/aromatic N) is 3. The highest BCUT2D eigenvalue weighted by Crippen LogP contribution is 2.42. The molecule has 0 bridgehead atoms. The van der Waals surface area contributed by atoms with Crippen LogP contribution in [0.4, 0.5) is 5.69 Å². The summed E-state index contributed by atoms with van der Waals surface area (Å²) < 4.78 is 2.06. The van der Waals surface area contributed by atoms with Crippen LogP contribution >= 0.6 is 12.2 Å². The van der Waals surface area contributed by atoms with Gasteiger partial charge in [0.1, 0.15) is 5.75 Å². The first-order valence-electron chi connectivity index (χ1n) is 12.2. The van der Waals surface area contributed by atoms with Crippen LogP contribution in [0.5, 0.6) is 5.75 Å². The first-order chi connectivity index (χ1) is 17.9. The summed E-state index contributed by atoms with van der Waals surface area (Å²) >= 11 is 5.78. The van der Waals surface area contributed by atoms with Gasteiger partial charge in [-0.25, -0.2) is 0 Å². The molecule has 0 saturated carbocycles. The number of anilines is 1. The molecule has 3 N–H and O–H groups in total. The van der Waals surface area contributed by atoms with Gasteiger partial charge in [0, 0.05) is 36.2 Å². The Bertz CT molecular complexity index is 1420. The summed E-state index contributed by atoms with van der Waals surface area (Å²) in [6.45, 7) is 4.52. The SMILES string of the molecule is Cc1cc(C2C(c3ccccn3)NC(=S)N2CCC(=O)Nc2ccccc2)c(C)n1-c1ccccc1O. The zero-order valence-corrected chi connectivity index (χ0v) is 21.6. The number of para-hydroxylation sites is 3. The average molecular weight is 512 g/mol. The summed E-state index contributed by atoms with van der Waals surface area (Å²) in [5, 5.41) is 17.6. The Hall–Kier alpha value is -4.17. The van der Waals surface area contributed by atoms with Crippen molar-refractivity contribution in [2.45, 2.75) is 32.4 Å². The van der Waals surface area contributed by atoms with Crippen LogP contribution in [0.1, 0.15) is 41.1 Å². The van der Waals surface area contributed by atoms with Crippen LogP contribution in [0.25, 0.3) is 5.69 Å². The Morgan fingerprint density at radius 3 is 2.51 bits per heavy atom. The third-order valence-corrected chi connectivity index (χ3v) is 7.10. The fraction of sp³-hybridized carbons (Fsp3) is 0.207. The lowest BCUT2D eigenvalue weighted by atomic mass is 9.96. The number of benzene rings is 2. The third-order valence-electron chi connectivity index (χ3n) is 6.75. The summed E-state index contributed by atoms with van der Waals surface area (Å²) in [4.78, 5) is 19.5. The smallest absolute Gasteiger partial charge is 0.226 e. The van der Waals surface area contributed by atoms with E-state index in [1.54, 1.807) is 12.3 Å². The molecule has 4 aromatic rings. The van der Waals surface area contributed by atoms with Gasteiger partial charge in [0.15, 0.2) is 5.11 Å². The molecule has 5 rings (SSSR count). The van der Waals surface area contributed by atoms with Crippen molar-refractivity contribution in [3.05, 3.63) is 108 Å². The van der Waals surface area contributed by atoms with Crippen LogP contribution < -0.4 is 10.6 Å². The standard InChI is InChI=1S/C29H29N5O2S/c1-19-18-22(20(2)34(19)24-13-6-7-14-25(24)35)28-27(23-12-8-9-16-30-23)32-29(37)33(28)17-15-26(36)31-21-10-4-3-5-11-21/h3-14,16,18,27-28,35H,15,17H2,1-2H3,(H,31,36)(H,32,37). The molecular formula is C29H29N5O2S. The molecule has 1 saturated heterocycles. The first-order valence-corrected chi connectivity index (χ1v) is 12.6. The molecule has 2 unspecified atom stereocenters. The van der Waals surface area contributed by atoms with Crippen molar-refractivity contribution in [1.82, 2.24) is 19.8 Å². The maximum absolute atomic E-state index is 12.8. The highest BCUT2D eigenvalue weighted by Gasteiger charge is 2.41. The van der Waals surface area contributed by atoms with Gasteiger partial charge < -0.3 is 25.2 Å². The monoisotopic (exact) mass is 511 g/mol. The Labute approximate surface area is 221 Å². The number of hydrogen-bond donors (Lipinski definition) is 3. The molecule has 1 aliphatic rings. The van der Waals surface area contributed by atoms with Crippen molar-refractivity contribution < 1.29 is 9.90 Å². The first kappa shape index (κ1) is 24.5. The molecule has 2 aromatic carbocycles. The number of carbonyl (C=O) groups excluding carboxylic acids is 1. The highest BCUT2D eigenvalue weighted by atomic mass is 32.1. The van der Waals surface area contributed by atoms with E-state index in [-0.39, 0.29) is 30.2 Å². The molecule has 1 amide bonds. The molecular weight excluding hydrogens is 482 g/mol. The fourth-order valence-corrected chi connectivity index (χ4v) is 5.39. The molecule has 0 aliphatic carbocycles. The molecule has 2 atom stereocenters. The van der Waals surface area contributed by atoms with E-state index in [2.05, 4.69) is 31.2 Å². The van der Waals surface area contributed by atoms with E-state index in [1.807, 2.05) is 80.6 Å². The quantitative estimate of drug-likeness (QED) is 0.296. The van der Waals surface area contributed by atoms with Gasteiger partial charge in [-0.3, -0.25) is 9.78 Å². The van der Waals surface area contributed by atoms with E-state index in [0.717, 1.165) is 34.0 Å². The number of aromatic hydroxyl groups is 1. The second kappa shape index (κ2) is 10.4. The predicted molar refractivity (Wildman–Crippen MR) is 149 cm³/mol. The highest BCUT2D eigenvalue weighted by molar-refractivity contribution is 7.80. The van der Waals surface area contributed by atoms with Crippen molar-refractivity contribution in [3.63, 3.8) is 0 Å². The van der Waals surface area contributed by atoms with Crippen molar-refractivity contribution in [3.8, 4) is 11.4 Å². The Balaban J connectivity index is 1.49. The number of hydrogen-bond acceptors (Lipinski definition) is 4. The number of thiocarbonyl (C=S) groups is 1. The second-order valence-corrected chi connectivity index (χ2v) is 9.52. The van der Waals surface area contributed by atoms with E-state index < -0.39 is 0 Å². The number of aryl methyl sites for hydroxylation is 1. The maximum atomic E-state index is 12.8. The zero-order chi connectivity index (χ0) is 25.9. The minimum atomic E-state index is -0.191. The second-order valence-electron chi connectivity index (χ2n) is 9.13. The van der Waals surface area contributed by atoms with Crippen LogP contribution in [0.2, 0.25) is 0 Å². The van der Waals surface area contributed by atoms with E-state index in [9.17, 15) is 9.90 Å². The lowest BCUT2D eigenvalue weighted by molar-refractivity contribution is -0.116. The van der Waals surface area contributed by atoms with Crippen LogP contribution in [0.3, 0.4) is 0 Å². The number of carbonyl (C=O) groups is 1. The summed E-state index contributed by atoms with van der Waals surface area (Å²) in [7, 11) is 0. The van der Waals surface area contributed by atoms with Crippen molar-refractivity contribution in [2.24, 2.45) is 0 Å². The molecule has 2 aromatic heterocycles. The molecule has 188 valence electrons. The Morgan fingerprint density at radius 1 is 1.05 bits per heavy atom. The largest absolute Gasteiger partial charge is 0.506 e. The van der Waals surface area contributed by atoms with Crippen molar-refractivity contribution in [2.75, 3.05) is 11.9 Å². The maximum Gasteiger partial charge on any atom is 0.226 e. The molecule has 1 aliphatic heterocycles. The summed E-state index contributed by atoms with van der Waals surface area (Å²) in [5.74, 6) is 0.139. The molecule has 0 radical (unpaired) electrons. The lowest BCUT2D eigenvalue weighted by Crippen LogP contribution is -2.32. The number of nitrogens with one attached hydrogen (secondary N) is 2. The zero-order valence-electron chi connectivity index (χ0n) is 20.8. The number of pyridine rings is 1. The predicted octanol–water partition coefficient (Wildman–Crippen LogP) is 5.20. The lowest BCUT2D eigenvalue weighted by Gasteiger charge is -2.28. The molecule has 0 spiro atoms. The van der Waals surface area contributed by atoms with Crippen molar-refractivity contribution in [1.29, 1.82) is 0 Å². The topological polar surface area (TPSA) is 82.4 Å². The number of amides is 1. The van der Waals surface area contributed by atoms with Crippen LogP contribution in [0, 0.1) is 13.8 Å². The van der Waals surface area contributed by atoms with E-state index >= 15 is 0 Å². The van der Waals surface area contributed by atoms with Crippen LogP contribution in [-0.4, -0.2) is 37.1 Å². The van der Waals surface area contributed by atoms with Crippen LogP contribution in [0.15, 0.2) is 85.1 Å². The Morgan fingerprint density at radius 2 is 1.78 bits per heavy atom. The third kappa shape index (κ3) is 4.93. The minimum Gasteiger partial charge on any atom is -0.506 e. The van der Waals surface area contributed by atoms with Crippen molar-refractivity contribution >= 4 is 28.9 Å². The van der Waals surface area contributed by atoms with Gasteiger partial charge in [0.25, 0.3) is 0 Å². The number of aromatic nitrogens is 2. The molecule has 8 heteroatoms. The van der Waals surface area contributed by atoms with Gasteiger partial charge >= 0.3 is 0 Å². The summed E-state index contributed by atoms with van der Waals surface area (Å²) in [6.07, 6.45) is 2.05. The summed E-state index contributed by atoms with van der Waals surface area (Å²) in [6, 6.07) is 24.4. The van der Waals surface area contributed by atoms with Gasteiger partial charge in [0.2, 0.25) is 5.91 Å². The van der Waals surface area contributed by atoms with Gasteiger partial charge in [-0.05, 0) is 74.1 Å². The minimum absolute atomic E-state index is 0.0753. The number of rotatable bonds is 7. The molecule has 3 heterocycles. The fourth-order valence-electron chi connectivity index (χ4n) is 5.06. The van der Waals surface area contributed by atoms with Crippen LogP contribution in [-0.2, 0) is 4.79 Å². The van der Waals surface area contributed by atoms with Gasteiger partial charge in [-0.1, -0.05) is 36.4 Å². The van der Waals surface area contributed by atoms with E-state index in [1.165, 1.54) is 0 Å². The summed E-state index contributed by atoms with van der Waals surface area (Å²) in [5.41, 5.74) is 5.42. The Kier molecular flexibility index (Phi) is 6.92. The molecule has 7 nitrogen and oxygen atoms in total. The van der Waals surface area contributed by atoms with E-state index in [4.69, 9.17) is 12.2 Å². The van der Waals surface area contributed by atoms with Gasteiger partial charge in [0.05, 0.1) is 23.5 Å². The molecule has 37 heavy (non-hydrogen) atoms. The molecule has 1 fully saturated rings.